The van der Waals surface area contributed by atoms with Crippen LogP contribution in [-0.2, 0) is 9.84 Å². The first-order valence-electron chi connectivity index (χ1n) is 6.21. The number of hydrogen-bond acceptors (Lipinski definition) is 5. The summed E-state index contributed by atoms with van der Waals surface area (Å²) in [5.41, 5.74) is 0.573. The summed E-state index contributed by atoms with van der Waals surface area (Å²) in [5.74, 6) is 0.214. The maximum Gasteiger partial charge on any atom is 0.179 e. The van der Waals surface area contributed by atoms with Gasteiger partial charge in [0.25, 0.3) is 0 Å². The molecule has 21 heavy (non-hydrogen) atoms. The molecule has 0 saturated carbocycles. The second-order valence-corrected chi connectivity index (χ2v) is 6.93. The van der Waals surface area contributed by atoms with Crippen molar-refractivity contribution in [3.63, 3.8) is 0 Å². The minimum atomic E-state index is -3.39. The molecule has 0 saturated heterocycles. The van der Waals surface area contributed by atoms with Crippen molar-refractivity contribution in [3.8, 4) is 0 Å². The summed E-state index contributed by atoms with van der Waals surface area (Å²) in [6.45, 7) is 0.100. The first-order valence-corrected chi connectivity index (χ1v) is 8.48. The number of pyridine rings is 1. The van der Waals surface area contributed by atoms with Gasteiger partial charge in [0.05, 0.1) is 6.10 Å². The van der Waals surface area contributed by atoms with Crippen LogP contribution in [0.1, 0.15) is 11.7 Å². The van der Waals surface area contributed by atoms with Crippen molar-refractivity contribution in [2.24, 2.45) is 0 Å². The van der Waals surface area contributed by atoms with Gasteiger partial charge in [-0.25, -0.2) is 13.4 Å². The summed E-state index contributed by atoms with van der Waals surface area (Å²) >= 11 is 6.01. The lowest BCUT2D eigenvalue weighted by molar-refractivity contribution is 0.191. The highest BCUT2D eigenvalue weighted by Crippen LogP contribution is 2.24. The van der Waals surface area contributed by atoms with Gasteiger partial charge in [-0.15, -0.1) is 0 Å². The fraction of sp³-hybridized carbons (Fsp3) is 0.214. The SMILES string of the molecule is CS(=O)(=O)c1cccnc1NCC(O)c1ccccc1Cl. The van der Waals surface area contributed by atoms with Crippen LogP contribution < -0.4 is 5.32 Å². The van der Waals surface area contributed by atoms with E-state index in [1.807, 2.05) is 0 Å². The molecule has 1 heterocycles. The van der Waals surface area contributed by atoms with Gasteiger partial charge in [-0.2, -0.15) is 0 Å². The van der Waals surface area contributed by atoms with Gasteiger partial charge in [0.2, 0.25) is 0 Å². The smallest absolute Gasteiger partial charge is 0.179 e. The summed E-state index contributed by atoms with van der Waals surface area (Å²) in [4.78, 5) is 4.09. The van der Waals surface area contributed by atoms with Crippen molar-refractivity contribution in [1.29, 1.82) is 0 Å². The third-order valence-electron chi connectivity index (χ3n) is 2.90. The molecule has 5 nitrogen and oxygen atoms in total. The summed E-state index contributed by atoms with van der Waals surface area (Å²) in [6, 6.07) is 9.95. The second-order valence-electron chi connectivity index (χ2n) is 4.54. The van der Waals surface area contributed by atoms with Crippen LogP contribution >= 0.6 is 11.6 Å². The Labute approximate surface area is 128 Å². The van der Waals surface area contributed by atoms with Gasteiger partial charge in [0, 0.05) is 29.6 Å². The van der Waals surface area contributed by atoms with Crippen LogP contribution in [0.4, 0.5) is 5.82 Å². The number of aromatic nitrogens is 1. The normalized spacial score (nSPS) is 12.9. The van der Waals surface area contributed by atoms with Crippen LogP contribution in [-0.4, -0.2) is 31.3 Å². The fourth-order valence-corrected chi connectivity index (χ4v) is 2.93. The van der Waals surface area contributed by atoms with Gasteiger partial charge in [0.15, 0.2) is 9.84 Å². The molecule has 0 bridgehead atoms. The van der Waals surface area contributed by atoms with Crippen LogP contribution in [0.2, 0.25) is 5.02 Å². The number of rotatable bonds is 5. The number of aliphatic hydroxyl groups excluding tert-OH is 1. The Bertz CT molecular complexity index is 735. The molecule has 2 aromatic rings. The lowest BCUT2D eigenvalue weighted by Crippen LogP contribution is -2.15. The monoisotopic (exact) mass is 326 g/mol. The van der Waals surface area contributed by atoms with Gasteiger partial charge in [-0.3, -0.25) is 0 Å². The molecule has 2 rings (SSSR count). The molecule has 0 aliphatic heterocycles. The standard InChI is InChI=1S/C14H15ClN2O3S/c1-21(19,20)13-7-4-8-16-14(13)17-9-12(18)10-5-2-3-6-11(10)15/h2-8,12,18H,9H2,1H3,(H,16,17). The zero-order chi connectivity index (χ0) is 15.5. The molecule has 1 aromatic carbocycles. The van der Waals surface area contributed by atoms with Crippen LogP contribution in [0, 0.1) is 0 Å². The predicted molar refractivity (Wildman–Crippen MR) is 82.2 cm³/mol. The Morgan fingerprint density at radius 1 is 1.29 bits per heavy atom. The first-order chi connectivity index (χ1) is 9.89. The van der Waals surface area contributed by atoms with Crippen molar-refractivity contribution in [1.82, 2.24) is 4.98 Å². The third-order valence-corrected chi connectivity index (χ3v) is 4.37. The molecule has 1 atom stereocenters. The van der Waals surface area contributed by atoms with E-state index in [4.69, 9.17) is 11.6 Å². The number of hydrogen-bond donors (Lipinski definition) is 2. The van der Waals surface area contributed by atoms with Crippen molar-refractivity contribution in [2.45, 2.75) is 11.0 Å². The summed E-state index contributed by atoms with van der Waals surface area (Å²) in [7, 11) is -3.39. The molecule has 1 aromatic heterocycles. The topological polar surface area (TPSA) is 79.3 Å². The van der Waals surface area contributed by atoms with E-state index in [1.165, 1.54) is 12.3 Å². The Hall–Kier alpha value is -1.63. The lowest BCUT2D eigenvalue weighted by Gasteiger charge is -2.15. The molecular formula is C14H15ClN2O3S. The Balaban J connectivity index is 2.16. The predicted octanol–water partition coefficient (Wildman–Crippen LogP) is 2.28. The second kappa shape index (κ2) is 6.43. The van der Waals surface area contributed by atoms with E-state index in [-0.39, 0.29) is 17.3 Å². The average Bonchev–Trinajstić information content (AvgIpc) is 2.44. The maximum absolute atomic E-state index is 11.7. The number of aliphatic hydroxyl groups is 1. The zero-order valence-electron chi connectivity index (χ0n) is 11.3. The largest absolute Gasteiger partial charge is 0.387 e. The molecule has 0 amide bonds. The Kier molecular flexibility index (Phi) is 4.82. The minimum absolute atomic E-state index is 0.0939. The summed E-state index contributed by atoms with van der Waals surface area (Å²) in [5, 5.41) is 13.4. The van der Waals surface area contributed by atoms with Crippen molar-refractivity contribution in [3.05, 3.63) is 53.2 Å². The van der Waals surface area contributed by atoms with E-state index in [0.717, 1.165) is 6.26 Å². The van der Waals surface area contributed by atoms with E-state index in [2.05, 4.69) is 10.3 Å². The maximum atomic E-state index is 11.7. The molecule has 7 heteroatoms. The molecule has 0 radical (unpaired) electrons. The van der Waals surface area contributed by atoms with Gasteiger partial charge in [-0.05, 0) is 18.2 Å². The summed E-state index contributed by atoms with van der Waals surface area (Å²) in [6.07, 6.45) is 1.73. The first kappa shape index (κ1) is 15.8. The molecule has 1 unspecified atom stereocenters. The van der Waals surface area contributed by atoms with Gasteiger partial charge >= 0.3 is 0 Å². The number of nitrogens with one attached hydrogen (secondary N) is 1. The lowest BCUT2D eigenvalue weighted by atomic mass is 10.1. The highest BCUT2D eigenvalue weighted by molar-refractivity contribution is 7.90. The van der Waals surface area contributed by atoms with Crippen LogP contribution in [0.5, 0.6) is 0 Å². The third kappa shape index (κ3) is 3.93. The average molecular weight is 327 g/mol. The zero-order valence-corrected chi connectivity index (χ0v) is 12.9. The number of sulfone groups is 1. The van der Waals surface area contributed by atoms with E-state index < -0.39 is 15.9 Å². The van der Waals surface area contributed by atoms with Gasteiger partial charge in [-0.1, -0.05) is 29.8 Å². The number of anilines is 1. The van der Waals surface area contributed by atoms with Crippen molar-refractivity contribution < 1.29 is 13.5 Å². The van der Waals surface area contributed by atoms with Crippen molar-refractivity contribution in [2.75, 3.05) is 18.1 Å². The van der Waals surface area contributed by atoms with Crippen LogP contribution in [0.15, 0.2) is 47.5 Å². The highest BCUT2D eigenvalue weighted by Gasteiger charge is 2.16. The van der Waals surface area contributed by atoms with Gasteiger partial charge < -0.3 is 10.4 Å². The molecule has 0 fully saturated rings. The van der Waals surface area contributed by atoms with Crippen molar-refractivity contribution >= 4 is 27.3 Å². The number of halogens is 1. The van der Waals surface area contributed by atoms with Crippen LogP contribution in [0.25, 0.3) is 0 Å². The Morgan fingerprint density at radius 3 is 2.67 bits per heavy atom. The molecule has 2 N–H and O–H groups in total. The van der Waals surface area contributed by atoms with E-state index in [9.17, 15) is 13.5 Å². The van der Waals surface area contributed by atoms with E-state index in [1.54, 1.807) is 30.3 Å². The van der Waals surface area contributed by atoms with E-state index >= 15 is 0 Å². The molecule has 112 valence electrons. The number of nitrogens with zero attached hydrogens (tertiary/aromatic N) is 1. The Morgan fingerprint density at radius 2 is 2.00 bits per heavy atom. The highest BCUT2D eigenvalue weighted by atomic mass is 35.5. The fourth-order valence-electron chi connectivity index (χ4n) is 1.87. The van der Waals surface area contributed by atoms with Crippen LogP contribution in [0.3, 0.4) is 0 Å². The molecule has 0 aliphatic carbocycles. The van der Waals surface area contributed by atoms with E-state index in [0.29, 0.717) is 10.6 Å². The molecule has 0 spiro atoms. The van der Waals surface area contributed by atoms with Gasteiger partial charge in [0.1, 0.15) is 10.7 Å². The minimum Gasteiger partial charge on any atom is -0.387 e. The number of benzene rings is 1. The summed E-state index contributed by atoms with van der Waals surface area (Å²) < 4.78 is 23.3. The molecule has 0 aliphatic rings. The quantitative estimate of drug-likeness (QED) is 0.881. The molecular weight excluding hydrogens is 312 g/mol.